The van der Waals surface area contributed by atoms with E-state index in [0.717, 1.165) is 42.8 Å². The predicted molar refractivity (Wildman–Crippen MR) is 67.1 cm³/mol. The molecule has 3 heteroatoms. The number of benzene rings is 1. The van der Waals surface area contributed by atoms with Crippen molar-refractivity contribution in [1.29, 1.82) is 0 Å². The summed E-state index contributed by atoms with van der Waals surface area (Å²) in [4.78, 5) is 14.4. The Hall–Kier alpha value is -1.51. The van der Waals surface area contributed by atoms with Crippen molar-refractivity contribution in [1.82, 2.24) is 0 Å². The van der Waals surface area contributed by atoms with Crippen molar-refractivity contribution < 1.29 is 9.53 Å². The first kappa shape index (κ1) is 10.6. The Morgan fingerprint density at radius 3 is 3.00 bits per heavy atom. The van der Waals surface area contributed by atoms with Gasteiger partial charge < -0.3 is 9.64 Å². The molecule has 2 aliphatic rings. The van der Waals surface area contributed by atoms with Gasteiger partial charge in [-0.3, -0.25) is 4.79 Å². The van der Waals surface area contributed by atoms with Crippen LogP contribution in [0.5, 0.6) is 5.75 Å². The molecule has 2 heterocycles. The first-order valence-electron chi connectivity index (χ1n) is 6.30. The van der Waals surface area contributed by atoms with Crippen molar-refractivity contribution in [3.8, 4) is 5.75 Å². The zero-order chi connectivity index (χ0) is 11.8. The maximum Gasteiger partial charge on any atom is 0.168 e. The molecule has 3 rings (SSSR count). The number of ether oxygens (including phenoxy) is 1. The minimum Gasteiger partial charge on any atom is -0.493 e. The molecule has 0 aliphatic carbocycles. The number of carbonyl (C=O) groups is 1. The van der Waals surface area contributed by atoms with Gasteiger partial charge in [0, 0.05) is 20.0 Å². The number of ketones is 1. The van der Waals surface area contributed by atoms with Crippen molar-refractivity contribution in [2.24, 2.45) is 0 Å². The van der Waals surface area contributed by atoms with E-state index in [4.69, 9.17) is 4.74 Å². The summed E-state index contributed by atoms with van der Waals surface area (Å²) in [6.45, 7) is 1.68. The fourth-order valence-electron chi connectivity index (χ4n) is 2.80. The first-order chi connectivity index (χ1) is 8.27. The Bertz CT molecular complexity index is 468. The third-order valence-electron chi connectivity index (χ3n) is 3.63. The zero-order valence-electron chi connectivity index (χ0n) is 10.2. The minimum atomic E-state index is 0.239. The quantitative estimate of drug-likeness (QED) is 0.686. The molecule has 90 valence electrons. The van der Waals surface area contributed by atoms with Crippen LogP contribution in [0.3, 0.4) is 0 Å². The van der Waals surface area contributed by atoms with Gasteiger partial charge in [0.05, 0.1) is 17.9 Å². The van der Waals surface area contributed by atoms with E-state index < -0.39 is 0 Å². The highest BCUT2D eigenvalue weighted by Crippen LogP contribution is 2.38. The molecule has 1 aromatic rings. The maximum absolute atomic E-state index is 12.2. The molecule has 1 aromatic carbocycles. The second-order valence-corrected chi connectivity index (χ2v) is 4.85. The lowest BCUT2D eigenvalue weighted by molar-refractivity contribution is 0.0983. The smallest absolute Gasteiger partial charge is 0.168 e. The predicted octanol–water partition coefficient (Wildman–Crippen LogP) is 2.42. The van der Waals surface area contributed by atoms with E-state index in [9.17, 15) is 4.79 Å². The van der Waals surface area contributed by atoms with Gasteiger partial charge in [-0.1, -0.05) is 6.07 Å². The third kappa shape index (κ3) is 1.70. The molecule has 17 heavy (non-hydrogen) atoms. The van der Waals surface area contributed by atoms with Gasteiger partial charge in [0.15, 0.2) is 5.78 Å². The van der Waals surface area contributed by atoms with Crippen molar-refractivity contribution in [2.75, 3.05) is 25.1 Å². The Morgan fingerprint density at radius 2 is 2.12 bits per heavy atom. The molecule has 0 N–H and O–H groups in total. The molecular formula is C14H17NO2. The summed E-state index contributed by atoms with van der Waals surface area (Å²) in [5, 5.41) is 0. The number of carbonyl (C=O) groups excluding carboxylic acids is 1. The minimum absolute atomic E-state index is 0.239. The Kier molecular flexibility index (Phi) is 2.54. The van der Waals surface area contributed by atoms with Gasteiger partial charge in [-0.05, 0) is 30.9 Å². The largest absolute Gasteiger partial charge is 0.493 e. The van der Waals surface area contributed by atoms with Crippen molar-refractivity contribution >= 4 is 11.5 Å². The lowest BCUT2D eigenvalue weighted by Crippen LogP contribution is -2.27. The van der Waals surface area contributed by atoms with E-state index in [2.05, 4.69) is 18.0 Å². The standard InChI is InChI=1S/C14H17NO2/c1-15-8-2-4-10-6-7-12-13(14(10)15)11(16)5-3-9-17-12/h6-7H,2-5,8-9H2,1H3. The molecule has 0 radical (unpaired) electrons. The summed E-state index contributed by atoms with van der Waals surface area (Å²) in [5.74, 6) is 1.02. The van der Waals surface area contributed by atoms with E-state index in [0.29, 0.717) is 13.0 Å². The normalized spacial score (nSPS) is 19.1. The van der Waals surface area contributed by atoms with Crippen molar-refractivity contribution in [2.45, 2.75) is 25.7 Å². The highest BCUT2D eigenvalue weighted by molar-refractivity contribution is 6.05. The second-order valence-electron chi connectivity index (χ2n) is 4.85. The number of fused-ring (bicyclic) bond motifs is 3. The molecule has 2 aliphatic heterocycles. The molecule has 0 aromatic heterocycles. The van der Waals surface area contributed by atoms with Gasteiger partial charge in [0.2, 0.25) is 0 Å². The van der Waals surface area contributed by atoms with Gasteiger partial charge >= 0.3 is 0 Å². The SMILES string of the molecule is CN1CCCc2ccc3c(c21)C(=O)CCCO3. The van der Waals surface area contributed by atoms with Gasteiger partial charge in [0.25, 0.3) is 0 Å². The third-order valence-corrected chi connectivity index (χ3v) is 3.63. The molecule has 0 saturated carbocycles. The number of nitrogens with zero attached hydrogens (tertiary/aromatic N) is 1. The van der Waals surface area contributed by atoms with E-state index in [-0.39, 0.29) is 5.78 Å². The van der Waals surface area contributed by atoms with Crippen LogP contribution in [0.25, 0.3) is 0 Å². The molecule has 0 fully saturated rings. The summed E-state index contributed by atoms with van der Waals surface area (Å²) in [6, 6.07) is 4.08. The molecule has 3 nitrogen and oxygen atoms in total. The highest BCUT2D eigenvalue weighted by Gasteiger charge is 2.26. The Labute approximate surface area is 101 Å². The lowest BCUT2D eigenvalue weighted by atomic mass is 9.94. The van der Waals surface area contributed by atoms with Gasteiger partial charge in [-0.2, -0.15) is 0 Å². The van der Waals surface area contributed by atoms with E-state index in [1.54, 1.807) is 0 Å². The lowest BCUT2D eigenvalue weighted by Gasteiger charge is -2.30. The second kappa shape index (κ2) is 4.06. The zero-order valence-corrected chi connectivity index (χ0v) is 10.2. The van der Waals surface area contributed by atoms with Crippen LogP contribution in [0.4, 0.5) is 5.69 Å². The van der Waals surface area contributed by atoms with Crippen LogP contribution in [-0.2, 0) is 6.42 Å². The van der Waals surface area contributed by atoms with Crippen molar-refractivity contribution in [3.05, 3.63) is 23.3 Å². The van der Waals surface area contributed by atoms with Crippen LogP contribution in [-0.4, -0.2) is 26.0 Å². The summed E-state index contributed by atoms with van der Waals surface area (Å²) in [6.07, 6.45) is 3.67. The number of anilines is 1. The summed E-state index contributed by atoms with van der Waals surface area (Å²) < 4.78 is 5.69. The molecule has 0 saturated heterocycles. The van der Waals surface area contributed by atoms with Crippen LogP contribution in [0.1, 0.15) is 35.2 Å². The summed E-state index contributed by atoms with van der Waals surface area (Å²) >= 11 is 0. The van der Waals surface area contributed by atoms with E-state index in [1.165, 1.54) is 5.56 Å². The van der Waals surface area contributed by atoms with Crippen LogP contribution in [0.2, 0.25) is 0 Å². The molecule has 0 amide bonds. The van der Waals surface area contributed by atoms with E-state index >= 15 is 0 Å². The number of Topliss-reactive ketones (excluding diaryl/α,β-unsaturated/α-hetero) is 1. The Morgan fingerprint density at radius 1 is 1.24 bits per heavy atom. The number of aryl methyl sites for hydroxylation is 1. The molecule has 0 bridgehead atoms. The molecular weight excluding hydrogens is 214 g/mol. The monoisotopic (exact) mass is 231 g/mol. The fourth-order valence-corrected chi connectivity index (χ4v) is 2.80. The molecule has 0 unspecified atom stereocenters. The van der Waals surface area contributed by atoms with Gasteiger partial charge in [0.1, 0.15) is 5.75 Å². The number of hydrogen-bond donors (Lipinski definition) is 0. The Balaban J connectivity index is 2.20. The van der Waals surface area contributed by atoms with Crippen molar-refractivity contribution in [3.63, 3.8) is 0 Å². The first-order valence-corrected chi connectivity index (χ1v) is 6.30. The molecule has 0 spiro atoms. The van der Waals surface area contributed by atoms with Crippen LogP contribution < -0.4 is 9.64 Å². The highest BCUT2D eigenvalue weighted by atomic mass is 16.5. The average Bonchev–Trinajstić information content (AvgIpc) is 2.52. The molecule has 0 atom stereocenters. The van der Waals surface area contributed by atoms with Crippen LogP contribution in [0.15, 0.2) is 12.1 Å². The van der Waals surface area contributed by atoms with Gasteiger partial charge in [-0.25, -0.2) is 0 Å². The van der Waals surface area contributed by atoms with Gasteiger partial charge in [-0.15, -0.1) is 0 Å². The van der Waals surface area contributed by atoms with Crippen LogP contribution >= 0.6 is 0 Å². The van der Waals surface area contributed by atoms with Crippen LogP contribution in [0, 0.1) is 0 Å². The topological polar surface area (TPSA) is 29.5 Å². The average molecular weight is 231 g/mol. The summed E-state index contributed by atoms with van der Waals surface area (Å²) in [5.41, 5.74) is 3.22. The summed E-state index contributed by atoms with van der Waals surface area (Å²) in [7, 11) is 2.07. The number of hydrogen-bond acceptors (Lipinski definition) is 3. The number of rotatable bonds is 0. The fraction of sp³-hybridized carbons (Fsp3) is 0.500. The maximum atomic E-state index is 12.2. The van der Waals surface area contributed by atoms with E-state index in [1.807, 2.05) is 6.07 Å².